The second kappa shape index (κ2) is 8.15. The fourth-order valence-corrected chi connectivity index (χ4v) is 2.14. The summed E-state index contributed by atoms with van der Waals surface area (Å²) in [6.07, 6.45) is 1.11. The smallest absolute Gasteiger partial charge is 0.271 e. The first-order chi connectivity index (χ1) is 11.9. The molecule has 1 amide bonds. The highest BCUT2D eigenvalue weighted by molar-refractivity contribution is 6.34. The number of anilines is 2. The van der Waals surface area contributed by atoms with Crippen LogP contribution in [0.4, 0.5) is 17.1 Å². The van der Waals surface area contributed by atoms with Gasteiger partial charge in [0.25, 0.3) is 11.6 Å². The van der Waals surface area contributed by atoms with Crippen LogP contribution in [0.5, 0.6) is 0 Å². The van der Waals surface area contributed by atoms with Gasteiger partial charge in [0.05, 0.1) is 26.3 Å². The largest absolute Gasteiger partial charge is 0.359 e. The van der Waals surface area contributed by atoms with E-state index in [4.69, 9.17) is 28.5 Å². The number of non-ortho nitro benzene ring substituents is 1. The standard InChI is InChI=1S/C16H10Cl2N4O3/c17-12-3-1-2-4-14(12)21-16(23)10(8-19)9-20-15-7-11(22(24)25)5-6-13(15)18/h1-7,9,20H,(H,21,23)/b10-9-. The third kappa shape index (κ3) is 4.70. The monoisotopic (exact) mass is 376 g/mol. The van der Waals surface area contributed by atoms with Crippen LogP contribution in [-0.2, 0) is 4.79 Å². The molecule has 0 aliphatic carbocycles. The van der Waals surface area contributed by atoms with Crippen LogP contribution < -0.4 is 10.6 Å². The fraction of sp³-hybridized carbons (Fsp3) is 0. The first-order valence-corrected chi connectivity index (χ1v) is 7.54. The van der Waals surface area contributed by atoms with Crippen molar-refractivity contribution in [1.82, 2.24) is 0 Å². The second-order valence-corrected chi connectivity index (χ2v) is 5.48. The molecule has 126 valence electrons. The van der Waals surface area contributed by atoms with Gasteiger partial charge >= 0.3 is 0 Å². The Labute approximate surface area is 152 Å². The van der Waals surface area contributed by atoms with Crippen LogP contribution in [0.3, 0.4) is 0 Å². The van der Waals surface area contributed by atoms with Crippen LogP contribution in [0.25, 0.3) is 0 Å². The molecule has 0 atom stereocenters. The van der Waals surface area contributed by atoms with Gasteiger partial charge in [-0.3, -0.25) is 14.9 Å². The first-order valence-electron chi connectivity index (χ1n) is 6.79. The fourth-order valence-electron chi connectivity index (χ4n) is 1.79. The van der Waals surface area contributed by atoms with Crippen molar-refractivity contribution in [3.63, 3.8) is 0 Å². The Bertz CT molecular complexity index is 906. The topological polar surface area (TPSA) is 108 Å². The number of nitriles is 1. The number of halogens is 2. The SMILES string of the molecule is N#C/C(=C/Nc1cc([N+](=O)[O-])ccc1Cl)C(=O)Nc1ccccc1Cl. The van der Waals surface area contributed by atoms with E-state index >= 15 is 0 Å². The lowest BCUT2D eigenvalue weighted by Crippen LogP contribution is -2.14. The zero-order valence-electron chi connectivity index (χ0n) is 12.5. The van der Waals surface area contributed by atoms with E-state index in [2.05, 4.69) is 10.6 Å². The number of carbonyl (C=O) groups excluding carboxylic acids is 1. The molecule has 0 saturated carbocycles. The normalized spacial score (nSPS) is 10.7. The first kappa shape index (κ1) is 18.3. The number of carbonyl (C=O) groups is 1. The molecule has 0 spiro atoms. The van der Waals surface area contributed by atoms with Crippen LogP contribution in [0.2, 0.25) is 10.0 Å². The lowest BCUT2D eigenvalue weighted by molar-refractivity contribution is -0.384. The molecule has 2 N–H and O–H groups in total. The van der Waals surface area contributed by atoms with Gasteiger partial charge in [0.15, 0.2) is 0 Å². The number of nitrogens with zero attached hydrogens (tertiary/aromatic N) is 2. The van der Waals surface area contributed by atoms with Crippen molar-refractivity contribution in [2.45, 2.75) is 0 Å². The zero-order valence-corrected chi connectivity index (χ0v) is 14.0. The van der Waals surface area contributed by atoms with Gasteiger partial charge in [-0.1, -0.05) is 35.3 Å². The molecule has 0 aliphatic heterocycles. The number of nitro benzene ring substituents is 1. The molecule has 2 aromatic carbocycles. The van der Waals surface area contributed by atoms with Crippen molar-refractivity contribution in [3.8, 4) is 6.07 Å². The van der Waals surface area contributed by atoms with Crippen molar-refractivity contribution in [2.75, 3.05) is 10.6 Å². The van der Waals surface area contributed by atoms with Gasteiger partial charge in [0.1, 0.15) is 11.6 Å². The van der Waals surface area contributed by atoms with Gasteiger partial charge in [-0.05, 0) is 18.2 Å². The summed E-state index contributed by atoms with van der Waals surface area (Å²) in [7, 11) is 0. The van der Waals surface area contributed by atoms with Crippen LogP contribution in [0.15, 0.2) is 54.2 Å². The predicted molar refractivity (Wildman–Crippen MR) is 95.5 cm³/mol. The third-order valence-electron chi connectivity index (χ3n) is 3.02. The quantitative estimate of drug-likeness (QED) is 0.348. The Kier molecular flexibility index (Phi) is 5.95. The molecule has 0 saturated heterocycles. The molecule has 2 rings (SSSR count). The highest BCUT2D eigenvalue weighted by Gasteiger charge is 2.13. The van der Waals surface area contributed by atoms with Crippen LogP contribution >= 0.6 is 23.2 Å². The summed E-state index contributed by atoms with van der Waals surface area (Å²) in [5.41, 5.74) is 0.0969. The molecule has 2 aromatic rings. The van der Waals surface area contributed by atoms with Crippen LogP contribution in [0.1, 0.15) is 0 Å². The van der Waals surface area contributed by atoms with E-state index in [-0.39, 0.29) is 22.0 Å². The van der Waals surface area contributed by atoms with E-state index in [1.807, 2.05) is 0 Å². The molecule has 0 aliphatic rings. The number of hydrogen-bond donors (Lipinski definition) is 2. The Morgan fingerprint density at radius 1 is 1.16 bits per heavy atom. The Balaban J connectivity index is 2.19. The zero-order chi connectivity index (χ0) is 18.4. The van der Waals surface area contributed by atoms with Crippen molar-refractivity contribution in [2.24, 2.45) is 0 Å². The molecule has 0 radical (unpaired) electrons. The van der Waals surface area contributed by atoms with Gasteiger partial charge in [-0.2, -0.15) is 5.26 Å². The van der Waals surface area contributed by atoms with E-state index in [1.54, 1.807) is 30.3 Å². The number of rotatable bonds is 5. The van der Waals surface area contributed by atoms with Crippen molar-refractivity contribution >= 4 is 46.2 Å². The number of amides is 1. The average Bonchev–Trinajstić information content (AvgIpc) is 2.58. The van der Waals surface area contributed by atoms with Gasteiger partial charge in [-0.25, -0.2) is 0 Å². The lowest BCUT2D eigenvalue weighted by Gasteiger charge is -2.07. The van der Waals surface area contributed by atoms with E-state index in [0.717, 1.165) is 6.20 Å². The Morgan fingerprint density at radius 3 is 2.48 bits per heavy atom. The maximum atomic E-state index is 12.1. The van der Waals surface area contributed by atoms with Gasteiger partial charge < -0.3 is 10.6 Å². The minimum atomic E-state index is -0.690. The predicted octanol–water partition coefficient (Wildman–Crippen LogP) is 4.36. The number of hydrogen-bond acceptors (Lipinski definition) is 5. The van der Waals surface area contributed by atoms with Crippen molar-refractivity contribution < 1.29 is 9.72 Å². The molecule has 0 aromatic heterocycles. The molecule has 0 fully saturated rings. The summed E-state index contributed by atoms with van der Waals surface area (Å²) in [5.74, 6) is -0.690. The summed E-state index contributed by atoms with van der Waals surface area (Å²) in [6.45, 7) is 0. The Hall–Kier alpha value is -3.08. The van der Waals surface area contributed by atoms with E-state index < -0.39 is 10.8 Å². The highest BCUT2D eigenvalue weighted by Crippen LogP contribution is 2.27. The number of para-hydroxylation sites is 1. The van der Waals surface area contributed by atoms with Gasteiger partial charge in [0, 0.05) is 18.3 Å². The van der Waals surface area contributed by atoms with E-state index in [1.165, 1.54) is 18.2 Å². The second-order valence-electron chi connectivity index (χ2n) is 4.67. The third-order valence-corrected chi connectivity index (χ3v) is 3.68. The van der Waals surface area contributed by atoms with E-state index in [9.17, 15) is 14.9 Å². The molecular weight excluding hydrogens is 367 g/mol. The minimum Gasteiger partial charge on any atom is -0.359 e. The summed E-state index contributed by atoms with van der Waals surface area (Å²) in [4.78, 5) is 22.3. The summed E-state index contributed by atoms with van der Waals surface area (Å²) >= 11 is 11.9. The molecule has 0 heterocycles. The maximum absolute atomic E-state index is 12.1. The molecule has 0 unspecified atom stereocenters. The molecular formula is C16H10Cl2N4O3. The molecule has 25 heavy (non-hydrogen) atoms. The summed E-state index contributed by atoms with van der Waals surface area (Å²) in [6, 6.07) is 12.1. The summed E-state index contributed by atoms with van der Waals surface area (Å²) in [5, 5.41) is 25.6. The molecule has 9 heteroatoms. The Morgan fingerprint density at radius 2 is 1.84 bits per heavy atom. The minimum absolute atomic E-state index is 0.181. The highest BCUT2D eigenvalue weighted by atomic mass is 35.5. The van der Waals surface area contributed by atoms with Crippen molar-refractivity contribution in [1.29, 1.82) is 5.26 Å². The molecule has 7 nitrogen and oxygen atoms in total. The average molecular weight is 377 g/mol. The lowest BCUT2D eigenvalue weighted by atomic mass is 10.2. The number of benzene rings is 2. The number of nitro groups is 1. The van der Waals surface area contributed by atoms with E-state index in [0.29, 0.717) is 10.7 Å². The van der Waals surface area contributed by atoms with Crippen LogP contribution in [0, 0.1) is 21.4 Å². The van der Waals surface area contributed by atoms with Gasteiger partial charge in [0.2, 0.25) is 0 Å². The maximum Gasteiger partial charge on any atom is 0.271 e. The number of nitrogens with one attached hydrogen (secondary N) is 2. The van der Waals surface area contributed by atoms with Crippen LogP contribution in [-0.4, -0.2) is 10.8 Å². The summed E-state index contributed by atoms with van der Waals surface area (Å²) < 4.78 is 0. The van der Waals surface area contributed by atoms with Crippen molar-refractivity contribution in [3.05, 3.63) is 74.4 Å². The molecule has 0 bridgehead atoms. The van der Waals surface area contributed by atoms with Gasteiger partial charge in [-0.15, -0.1) is 0 Å².